The lowest BCUT2D eigenvalue weighted by Crippen LogP contribution is -2.32. The molecule has 0 spiro atoms. The van der Waals surface area contributed by atoms with Crippen LogP contribution in [0.25, 0.3) is 0 Å². The minimum Gasteiger partial charge on any atom is -0.495 e. The number of sulfone groups is 1. The number of rotatable bonds is 4. The molecule has 1 aliphatic heterocycles. The van der Waals surface area contributed by atoms with Crippen molar-refractivity contribution in [1.82, 2.24) is 4.31 Å². The summed E-state index contributed by atoms with van der Waals surface area (Å²) in [5.74, 6) is 0.114. The second-order valence-corrected chi connectivity index (χ2v) is 8.92. The summed E-state index contributed by atoms with van der Waals surface area (Å²) in [4.78, 5) is -0.215. The SMILES string of the molecule is COc1ccc(S(C)(=O)=O)cc1S(=O)(=O)N1CC[C@@H](N)C1.Cl. The maximum absolute atomic E-state index is 12.6. The molecule has 0 saturated carbocycles. The van der Waals surface area contributed by atoms with Crippen molar-refractivity contribution in [2.45, 2.75) is 22.3 Å². The average molecular weight is 371 g/mol. The molecule has 0 radical (unpaired) electrons. The number of sulfonamides is 1. The Morgan fingerprint density at radius 1 is 1.27 bits per heavy atom. The van der Waals surface area contributed by atoms with Crippen molar-refractivity contribution in [3.05, 3.63) is 18.2 Å². The van der Waals surface area contributed by atoms with E-state index >= 15 is 0 Å². The van der Waals surface area contributed by atoms with E-state index in [0.717, 1.165) is 12.3 Å². The smallest absolute Gasteiger partial charge is 0.246 e. The largest absolute Gasteiger partial charge is 0.495 e. The zero-order valence-electron chi connectivity index (χ0n) is 12.2. The molecule has 1 heterocycles. The Labute approximate surface area is 136 Å². The Hall–Kier alpha value is -0.870. The molecular formula is C12H19ClN2O5S2. The Morgan fingerprint density at radius 3 is 2.36 bits per heavy atom. The minimum absolute atomic E-state index is 0. The van der Waals surface area contributed by atoms with Gasteiger partial charge in [0.25, 0.3) is 0 Å². The first kappa shape index (κ1) is 19.2. The molecule has 1 aliphatic rings. The van der Waals surface area contributed by atoms with Gasteiger partial charge in [0.05, 0.1) is 12.0 Å². The van der Waals surface area contributed by atoms with Crippen molar-refractivity contribution in [3.63, 3.8) is 0 Å². The molecule has 0 aliphatic carbocycles. The minimum atomic E-state index is -3.83. The van der Waals surface area contributed by atoms with Crippen molar-refractivity contribution in [1.29, 1.82) is 0 Å². The lowest BCUT2D eigenvalue weighted by atomic mass is 10.3. The summed E-state index contributed by atoms with van der Waals surface area (Å²) in [7, 11) is -6.00. The fraction of sp³-hybridized carbons (Fsp3) is 0.500. The van der Waals surface area contributed by atoms with Crippen LogP contribution in [0.2, 0.25) is 0 Å². The van der Waals surface area contributed by atoms with Crippen molar-refractivity contribution < 1.29 is 21.6 Å². The highest BCUT2D eigenvalue weighted by Gasteiger charge is 2.33. The number of hydrogen-bond donors (Lipinski definition) is 1. The monoisotopic (exact) mass is 370 g/mol. The highest BCUT2D eigenvalue weighted by Crippen LogP contribution is 2.30. The highest BCUT2D eigenvalue weighted by atomic mass is 35.5. The van der Waals surface area contributed by atoms with Gasteiger partial charge in [-0.3, -0.25) is 0 Å². The first-order valence-corrected chi connectivity index (χ1v) is 9.63. The summed E-state index contributed by atoms with van der Waals surface area (Å²) in [5, 5.41) is 0. The number of methoxy groups -OCH3 is 1. The van der Waals surface area contributed by atoms with E-state index in [1.54, 1.807) is 0 Å². The highest BCUT2D eigenvalue weighted by molar-refractivity contribution is 7.91. The van der Waals surface area contributed by atoms with E-state index in [2.05, 4.69) is 0 Å². The molecule has 10 heteroatoms. The van der Waals surface area contributed by atoms with Gasteiger partial charge >= 0.3 is 0 Å². The first-order valence-electron chi connectivity index (χ1n) is 6.30. The van der Waals surface area contributed by atoms with E-state index in [1.165, 1.54) is 23.5 Å². The van der Waals surface area contributed by atoms with E-state index < -0.39 is 19.9 Å². The van der Waals surface area contributed by atoms with Gasteiger partial charge in [-0.05, 0) is 24.6 Å². The van der Waals surface area contributed by atoms with E-state index in [1.807, 2.05) is 0 Å². The molecule has 1 aromatic rings. The molecule has 1 atom stereocenters. The summed E-state index contributed by atoms with van der Waals surface area (Å²) < 4.78 is 54.8. The summed E-state index contributed by atoms with van der Waals surface area (Å²) in [5.41, 5.74) is 5.74. The Morgan fingerprint density at radius 2 is 1.91 bits per heavy atom. The molecule has 1 aromatic carbocycles. The number of nitrogens with zero attached hydrogens (tertiary/aromatic N) is 1. The fourth-order valence-corrected chi connectivity index (χ4v) is 4.62. The topological polar surface area (TPSA) is 107 Å². The van der Waals surface area contributed by atoms with E-state index in [-0.39, 0.29) is 40.5 Å². The third-order valence-electron chi connectivity index (χ3n) is 3.37. The lowest BCUT2D eigenvalue weighted by molar-refractivity contribution is 0.397. The lowest BCUT2D eigenvalue weighted by Gasteiger charge is -2.18. The molecule has 7 nitrogen and oxygen atoms in total. The second-order valence-electron chi connectivity index (χ2n) is 5.00. The normalized spacial score (nSPS) is 19.7. The van der Waals surface area contributed by atoms with Crippen LogP contribution in [0.1, 0.15) is 6.42 Å². The Balaban J connectivity index is 0.00000242. The van der Waals surface area contributed by atoms with Crippen LogP contribution < -0.4 is 10.5 Å². The first-order chi connectivity index (χ1) is 9.66. The Kier molecular flexibility index (Phi) is 5.85. The van der Waals surface area contributed by atoms with Crippen molar-refractivity contribution in [3.8, 4) is 5.75 Å². The number of hydrogen-bond acceptors (Lipinski definition) is 6. The van der Waals surface area contributed by atoms with Gasteiger partial charge in [0.1, 0.15) is 10.6 Å². The fourth-order valence-electron chi connectivity index (χ4n) is 2.20. The number of halogens is 1. The molecule has 0 unspecified atom stereocenters. The average Bonchev–Trinajstić information content (AvgIpc) is 2.84. The predicted molar refractivity (Wildman–Crippen MR) is 84.7 cm³/mol. The maximum Gasteiger partial charge on any atom is 0.246 e. The molecule has 1 saturated heterocycles. The molecule has 126 valence electrons. The van der Waals surface area contributed by atoms with Crippen molar-refractivity contribution in [2.75, 3.05) is 26.5 Å². The van der Waals surface area contributed by atoms with Crippen LogP contribution in [0.5, 0.6) is 5.75 Å². The second kappa shape index (κ2) is 6.71. The molecule has 22 heavy (non-hydrogen) atoms. The molecule has 2 rings (SSSR count). The number of ether oxygens (including phenoxy) is 1. The third-order valence-corrected chi connectivity index (χ3v) is 6.37. The maximum atomic E-state index is 12.6. The van der Waals surface area contributed by atoms with Crippen LogP contribution in [-0.2, 0) is 19.9 Å². The molecule has 0 amide bonds. The van der Waals surface area contributed by atoms with Gasteiger partial charge in [-0.1, -0.05) is 0 Å². The molecule has 0 aromatic heterocycles. The van der Waals surface area contributed by atoms with E-state index in [4.69, 9.17) is 10.5 Å². The zero-order chi connectivity index (χ0) is 15.8. The van der Waals surface area contributed by atoms with E-state index in [9.17, 15) is 16.8 Å². The van der Waals surface area contributed by atoms with Gasteiger partial charge in [0.15, 0.2) is 9.84 Å². The van der Waals surface area contributed by atoms with Crippen LogP contribution in [0, 0.1) is 0 Å². The van der Waals surface area contributed by atoms with Crippen LogP contribution in [0.3, 0.4) is 0 Å². The van der Waals surface area contributed by atoms with Gasteiger partial charge in [0, 0.05) is 25.4 Å². The number of nitrogens with two attached hydrogens (primary N) is 1. The number of benzene rings is 1. The van der Waals surface area contributed by atoms with Crippen LogP contribution in [0.15, 0.2) is 28.0 Å². The Bertz CT molecular complexity index is 749. The van der Waals surface area contributed by atoms with Crippen molar-refractivity contribution in [2.24, 2.45) is 5.73 Å². The van der Waals surface area contributed by atoms with Crippen LogP contribution in [0.4, 0.5) is 0 Å². The molecule has 2 N–H and O–H groups in total. The molecule has 0 bridgehead atoms. The van der Waals surface area contributed by atoms with Gasteiger partial charge < -0.3 is 10.5 Å². The zero-order valence-corrected chi connectivity index (χ0v) is 14.7. The molecule has 1 fully saturated rings. The summed E-state index contributed by atoms with van der Waals surface area (Å²) >= 11 is 0. The summed E-state index contributed by atoms with van der Waals surface area (Å²) in [6, 6.07) is 3.60. The van der Waals surface area contributed by atoms with Gasteiger partial charge in [-0.2, -0.15) is 4.31 Å². The standard InChI is InChI=1S/C12H18N2O5S2.ClH/c1-19-11-4-3-10(20(2,15)16)7-12(11)21(17,18)14-6-5-9(13)8-14;/h3-4,7,9H,5-6,8,13H2,1-2H3;1H/t9-;/m1./s1. The summed E-state index contributed by atoms with van der Waals surface area (Å²) in [6.45, 7) is 0.532. The van der Waals surface area contributed by atoms with Gasteiger partial charge in [-0.15, -0.1) is 12.4 Å². The predicted octanol–water partition coefficient (Wildman–Crippen LogP) is 0.242. The quantitative estimate of drug-likeness (QED) is 0.813. The third kappa shape index (κ3) is 3.72. The van der Waals surface area contributed by atoms with Crippen LogP contribution in [-0.4, -0.2) is 53.6 Å². The summed E-state index contributed by atoms with van der Waals surface area (Å²) in [6.07, 6.45) is 1.60. The van der Waals surface area contributed by atoms with Crippen molar-refractivity contribution >= 4 is 32.3 Å². The van der Waals surface area contributed by atoms with E-state index in [0.29, 0.717) is 13.0 Å². The van der Waals surface area contributed by atoms with Gasteiger partial charge in [-0.25, -0.2) is 16.8 Å². The molecular weight excluding hydrogens is 352 g/mol. The van der Waals surface area contributed by atoms with Gasteiger partial charge in [0.2, 0.25) is 10.0 Å². The van der Waals surface area contributed by atoms with Crippen LogP contribution >= 0.6 is 12.4 Å².